The minimum absolute atomic E-state index is 0.176. The lowest BCUT2D eigenvalue weighted by Crippen LogP contribution is -2.30. The number of carbonyl (C=O) groups excluding carboxylic acids is 1. The van der Waals surface area contributed by atoms with Crippen LogP contribution >= 0.6 is 11.8 Å². The molecule has 1 aliphatic carbocycles. The maximum atomic E-state index is 11.9. The van der Waals surface area contributed by atoms with E-state index in [4.69, 9.17) is 0 Å². The third-order valence-electron chi connectivity index (χ3n) is 4.37. The van der Waals surface area contributed by atoms with Crippen molar-refractivity contribution >= 4 is 29.2 Å². The van der Waals surface area contributed by atoms with E-state index in [1.807, 2.05) is 13.2 Å². The third kappa shape index (κ3) is 2.51. The molecule has 1 amide bonds. The van der Waals surface area contributed by atoms with Gasteiger partial charge in [0.1, 0.15) is 5.82 Å². The predicted molar refractivity (Wildman–Crippen MR) is 83.6 cm³/mol. The number of thioether (sulfide) groups is 1. The Morgan fingerprint density at radius 1 is 1.40 bits per heavy atom. The van der Waals surface area contributed by atoms with E-state index in [2.05, 4.69) is 23.0 Å². The molecule has 0 spiro atoms. The van der Waals surface area contributed by atoms with Gasteiger partial charge in [-0.3, -0.25) is 4.79 Å². The summed E-state index contributed by atoms with van der Waals surface area (Å²) in [6.45, 7) is 0. The van der Waals surface area contributed by atoms with E-state index in [-0.39, 0.29) is 5.91 Å². The van der Waals surface area contributed by atoms with Crippen LogP contribution < -0.4 is 9.80 Å². The molecule has 0 aromatic carbocycles. The molecule has 1 aliphatic heterocycles. The Kier molecular flexibility index (Phi) is 3.87. The van der Waals surface area contributed by atoms with Crippen LogP contribution in [0.1, 0.15) is 32.1 Å². The predicted octanol–water partition coefficient (Wildman–Crippen LogP) is 2.92. The summed E-state index contributed by atoms with van der Waals surface area (Å²) < 4.78 is 0. The first-order valence-electron chi connectivity index (χ1n) is 7.29. The fraction of sp³-hybridized carbons (Fsp3) is 0.600. The minimum Gasteiger partial charge on any atom is -0.357 e. The second-order valence-electron chi connectivity index (χ2n) is 5.61. The van der Waals surface area contributed by atoms with E-state index >= 15 is 0 Å². The van der Waals surface area contributed by atoms with E-state index in [9.17, 15) is 4.79 Å². The van der Waals surface area contributed by atoms with Crippen LogP contribution in [0.25, 0.3) is 0 Å². The molecule has 1 fully saturated rings. The van der Waals surface area contributed by atoms with Gasteiger partial charge >= 0.3 is 0 Å². The standard InChI is InChI=1S/C15H21N3OS/c1-17(11-5-3-4-6-11)14-9-13-12(10-16-14)18(2)15(19)7-8-20-13/h9-11H,3-8H2,1-2H3. The van der Waals surface area contributed by atoms with Crippen LogP contribution in [0, 0.1) is 0 Å². The fourth-order valence-electron chi connectivity index (χ4n) is 3.01. The monoisotopic (exact) mass is 291 g/mol. The number of aromatic nitrogens is 1. The second kappa shape index (κ2) is 5.64. The van der Waals surface area contributed by atoms with Crippen molar-refractivity contribution in [2.75, 3.05) is 29.6 Å². The zero-order valence-corrected chi connectivity index (χ0v) is 12.9. The molecule has 20 heavy (non-hydrogen) atoms. The highest BCUT2D eigenvalue weighted by Gasteiger charge is 2.24. The molecule has 2 heterocycles. The van der Waals surface area contributed by atoms with Crippen LogP contribution in [-0.4, -0.2) is 36.8 Å². The van der Waals surface area contributed by atoms with Gasteiger partial charge in [-0.25, -0.2) is 4.98 Å². The van der Waals surface area contributed by atoms with Crippen LogP contribution in [-0.2, 0) is 4.79 Å². The van der Waals surface area contributed by atoms with Crippen molar-refractivity contribution in [3.05, 3.63) is 12.3 Å². The number of pyridine rings is 1. The Labute approximate surface area is 124 Å². The molecule has 108 valence electrons. The highest BCUT2D eigenvalue weighted by molar-refractivity contribution is 7.99. The molecule has 5 heteroatoms. The average Bonchev–Trinajstić information content (AvgIpc) is 2.95. The van der Waals surface area contributed by atoms with Crippen LogP contribution in [0.15, 0.2) is 17.2 Å². The van der Waals surface area contributed by atoms with Crippen molar-refractivity contribution in [3.8, 4) is 0 Å². The second-order valence-corrected chi connectivity index (χ2v) is 6.75. The zero-order chi connectivity index (χ0) is 14.1. The summed E-state index contributed by atoms with van der Waals surface area (Å²) in [6, 6.07) is 2.77. The van der Waals surface area contributed by atoms with Gasteiger partial charge < -0.3 is 9.80 Å². The van der Waals surface area contributed by atoms with Gasteiger partial charge in [0.15, 0.2) is 0 Å². The fourth-order valence-corrected chi connectivity index (χ4v) is 4.03. The summed E-state index contributed by atoms with van der Waals surface area (Å²) in [7, 11) is 3.98. The summed E-state index contributed by atoms with van der Waals surface area (Å²) in [5, 5.41) is 0. The molecular weight excluding hydrogens is 270 g/mol. The smallest absolute Gasteiger partial charge is 0.227 e. The molecule has 1 aromatic heterocycles. The van der Waals surface area contributed by atoms with E-state index in [1.54, 1.807) is 16.7 Å². The summed E-state index contributed by atoms with van der Waals surface area (Å²) >= 11 is 1.76. The molecule has 0 unspecified atom stereocenters. The Hall–Kier alpha value is -1.23. The Morgan fingerprint density at radius 2 is 2.15 bits per heavy atom. The Morgan fingerprint density at radius 3 is 2.90 bits per heavy atom. The van der Waals surface area contributed by atoms with Crippen LogP contribution in [0.5, 0.6) is 0 Å². The lowest BCUT2D eigenvalue weighted by molar-refractivity contribution is -0.117. The number of nitrogens with zero attached hydrogens (tertiary/aromatic N) is 3. The van der Waals surface area contributed by atoms with E-state index < -0.39 is 0 Å². The topological polar surface area (TPSA) is 36.4 Å². The first-order valence-corrected chi connectivity index (χ1v) is 8.27. The van der Waals surface area contributed by atoms with Gasteiger partial charge in [0.25, 0.3) is 0 Å². The Balaban J connectivity index is 1.88. The molecule has 3 rings (SSSR count). The highest BCUT2D eigenvalue weighted by Crippen LogP contribution is 2.36. The van der Waals surface area contributed by atoms with Crippen LogP contribution in [0.4, 0.5) is 11.5 Å². The molecule has 0 atom stereocenters. The lowest BCUT2D eigenvalue weighted by Gasteiger charge is -2.26. The highest BCUT2D eigenvalue weighted by atomic mass is 32.2. The van der Waals surface area contributed by atoms with Gasteiger partial charge in [-0.15, -0.1) is 11.8 Å². The molecule has 4 nitrogen and oxygen atoms in total. The van der Waals surface area contributed by atoms with Gasteiger partial charge in [0, 0.05) is 37.2 Å². The molecule has 0 saturated heterocycles. The minimum atomic E-state index is 0.176. The van der Waals surface area contributed by atoms with E-state index in [0.29, 0.717) is 12.5 Å². The summed E-state index contributed by atoms with van der Waals surface area (Å²) in [5.74, 6) is 2.06. The first kappa shape index (κ1) is 13.7. The Bertz CT molecular complexity index is 514. The molecule has 0 radical (unpaired) electrons. The van der Waals surface area contributed by atoms with Gasteiger partial charge in [0.05, 0.1) is 11.9 Å². The first-order chi connectivity index (χ1) is 9.66. The van der Waals surface area contributed by atoms with Crippen molar-refractivity contribution in [1.29, 1.82) is 0 Å². The molecule has 2 aliphatic rings. The normalized spacial score (nSPS) is 19.9. The van der Waals surface area contributed by atoms with Crippen molar-refractivity contribution in [1.82, 2.24) is 4.98 Å². The molecule has 1 aromatic rings. The summed E-state index contributed by atoms with van der Waals surface area (Å²) in [4.78, 5) is 21.7. The number of rotatable bonds is 2. The summed E-state index contributed by atoms with van der Waals surface area (Å²) in [6.07, 6.45) is 7.63. The maximum absolute atomic E-state index is 11.9. The van der Waals surface area contributed by atoms with Crippen LogP contribution in [0.3, 0.4) is 0 Å². The number of anilines is 2. The van der Waals surface area contributed by atoms with Crippen molar-refractivity contribution in [2.24, 2.45) is 0 Å². The van der Waals surface area contributed by atoms with Gasteiger partial charge in [-0.2, -0.15) is 0 Å². The quantitative estimate of drug-likeness (QED) is 0.839. The van der Waals surface area contributed by atoms with Crippen molar-refractivity contribution < 1.29 is 4.79 Å². The third-order valence-corrected chi connectivity index (χ3v) is 5.42. The largest absolute Gasteiger partial charge is 0.357 e. The molecular formula is C15H21N3OS. The molecule has 0 N–H and O–H groups in total. The SMILES string of the molecule is CN1C(=O)CCSc2cc(N(C)C3CCCC3)ncc21. The van der Waals surface area contributed by atoms with E-state index in [0.717, 1.165) is 17.3 Å². The van der Waals surface area contributed by atoms with E-state index in [1.165, 1.54) is 30.6 Å². The number of hydrogen-bond acceptors (Lipinski definition) is 4. The number of hydrogen-bond donors (Lipinski definition) is 0. The van der Waals surface area contributed by atoms with Gasteiger partial charge in [-0.1, -0.05) is 12.8 Å². The number of amides is 1. The van der Waals surface area contributed by atoms with Gasteiger partial charge in [-0.05, 0) is 18.9 Å². The van der Waals surface area contributed by atoms with Crippen molar-refractivity contribution in [3.63, 3.8) is 0 Å². The lowest BCUT2D eigenvalue weighted by atomic mass is 10.2. The van der Waals surface area contributed by atoms with Crippen LogP contribution in [0.2, 0.25) is 0 Å². The number of carbonyl (C=O) groups is 1. The maximum Gasteiger partial charge on any atom is 0.227 e. The molecule has 1 saturated carbocycles. The average molecular weight is 291 g/mol. The zero-order valence-electron chi connectivity index (χ0n) is 12.1. The number of fused-ring (bicyclic) bond motifs is 1. The van der Waals surface area contributed by atoms with Gasteiger partial charge in [0.2, 0.25) is 5.91 Å². The van der Waals surface area contributed by atoms with Crippen molar-refractivity contribution in [2.45, 2.75) is 43.0 Å². The summed E-state index contributed by atoms with van der Waals surface area (Å²) in [5.41, 5.74) is 0.945. The molecule has 0 bridgehead atoms.